The Morgan fingerprint density at radius 3 is 2.50 bits per heavy atom. The Bertz CT molecular complexity index is 871. The van der Waals surface area contributed by atoms with Gasteiger partial charge in [-0.1, -0.05) is 48.5 Å². The topological polar surface area (TPSA) is 70.3 Å². The number of nitrogens with zero attached hydrogens (tertiary/aromatic N) is 1. The molecule has 0 aliphatic heterocycles. The fraction of sp³-hybridized carbons (Fsp3) is 0.333. The van der Waals surface area contributed by atoms with Gasteiger partial charge < -0.3 is 9.84 Å². The van der Waals surface area contributed by atoms with Crippen molar-refractivity contribution in [3.63, 3.8) is 0 Å². The minimum atomic E-state index is -0.725. The van der Waals surface area contributed by atoms with Crippen molar-refractivity contribution in [3.8, 4) is 6.07 Å². The van der Waals surface area contributed by atoms with Crippen LogP contribution >= 0.6 is 0 Å². The summed E-state index contributed by atoms with van der Waals surface area (Å²) in [6.45, 7) is 4.69. The molecule has 2 aromatic carbocycles. The Kier molecular flexibility index (Phi) is 6.28. The number of carboxylic acid groups (broad SMARTS) is 1. The van der Waals surface area contributed by atoms with Gasteiger partial charge in [0.05, 0.1) is 30.8 Å². The number of aliphatic carboxylic acids is 1. The van der Waals surface area contributed by atoms with Crippen LogP contribution in [0.4, 0.5) is 0 Å². The number of hydrogen-bond donors (Lipinski definition) is 1. The summed E-state index contributed by atoms with van der Waals surface area (Å²) in [4.78, 5) is 11.5. The molecule has 0 atom stereocenters. The van der Waals surface area contributed by atoms with Crippen LogP contribution in [0.15, 0.2) is 61.2 Å². The summed E-state index contributed by atoms with van der Waals surface area (Å²) in [5.41, 5.74) is 3.53. The molecule has 4 heteroatoms. The summed E-state index contributed by atoms with van der Waals surface area (Å²) in [6, 6.07) is 18.3. The van der Waals surface area contributed by atoms with E-state index in [2.05, 4.69) is 36.9 Å². The molecule has 28 heavy (non-hydrogen) atoms. The third-order valence-corrected chi connectivity index (χ3v) is 5.76. The molecular weight excluding hydrogens is 350 g/mol. The number of rotatable bonds is 7. The van der Waals surface area contributed by atoms with Crippen LogP contribution in [0.3, 0.4) is 0 Å². The maximum atomic E-state index is 11.5. The van der Waals surface area contributed by atoms with Gasteiger partial charge in [0.15, 0.2) is 0 Å². The summed E-state index contributed by atoms with van der Waals surface area (Å²) in [7, 11) is 0. The van der Waals surface area contributed by atoms with Gasteiger partial charge in [0.2, 0.25) is 0 Å². The zero-order valence-corrected chi connectivity index (χ0v) is 15.9. The maximum Gasteiger partial charge on any atom is 0.306 e. The van der Waals surface area contributed by atoms with Crippen LogP contribution in [0, 0.1) is 17.2 Å². The SMILES string of the molecule is C=CCOCc1ccc(C2(c3ccccc3C#N)CCC(C(=O)O)CC2)cc1. The molecule has 0 saturated heterocycles. The molecule has 0 spiro atoms. The minimum Gasteiger partial charge on any atom is -0.481 e. The highest BCUT2D eigenvalue weighted by atomic mass is 16.5. The van der Waals surface area contributed by atoms with Gasteiger partial charge in [-0.2, -0.15) is 5.26 Å². The quantitative estimate of drug-likeness (QED) is 0.556. The normalized spacial score (nSPS) is 21.6. The van der Waals surface area contributed by atoms with Crippen molar-refractivity contribution < 1.29 is 14.6 Å². The van der Waals surface area contributed by atoms with Gasteiger partial charge in [-0.05, 0) is 48.4 Å². The smallest absolute Gasteiger partial charge is 0.306 e. The standard InChI is InChI=1S/C24H25NO3/c1-2-15-28-17-18-7-9-21(10-8-18)24(13-11-19(12-14-24)23(26)27)22-6-4-3-5-20(22)16-25/h2-10,19H,1,11-15,17H2,(H,26,27). The van der Waals surface area contributed by atoms with Crippen molar-refractivity contribution in [3.05, 3.63) is 83.4 Å². The first-order chi connectivity index (χ1) is 13.6. The van der Waals surface area contributed by atoms with Crippen molar-refractivity contribution in [2.24, 2.45) is 5.92 Å². The number of carbonyl (C=O) groups is 1. The second kappa shape index (κ2) is 8.86. The Hall–Kier alpha value is -2.90. The van der Waals surface area contributed by atoms with Gasteiger partial charge >= 0.3 is 5.97 Å². The molecule has 1 saturated carbocycles. The molecule has 0 aromatic heterocycles. The highest BCUT2D eigenvalue weighted by Gasteiger charge is 2.41. The van der Waals surface area contributed by atoms with Gasteiger partial charge in [-0.15, -0.1) is 6.58 Å². The summed E-state index contributed by atoms with van der Waals surface area (Å²) in [5, 5.41) is 19.1. The van der Waals surface area contributed by atoms with E-state index in [0.29, 0.717) is 31.6 Å². The van der Waals surface area contributed by atoms with E-state index >= 15 is 0 Å². The average Bonchev–Trinajstić information content (AvgIpc) is 2.74. The number of benzene rings is 2. The molecule has 0 heterocycles. The predicted octanol–water partition coefficient (Wildman–Crippen LogP) is 4.82. The summed E-state index contributed by atoms with van der Waals surface area (Å²) >= 11 is 0. The summed E-state index contributed by atoms with van der Waals surface area (Å²) in [5.74, 6) is -1.04. The van der Waals surface area contributed by atoms with E-state index in [1.165, 1.54) is 0 Å². The third-order valence-electron chi connectivity index (χ3n) is 5.76. The molecule has 1 aliphatic carbocycles. The Morgan fingerprint density at radius 1 is 1.21 bits per heavy atom. The van der Waals surface area contributed by atoms with Gasteiger partial charge in [0.25, 0.3) is 0 Å². The molecule has 1 N–H and O–H groups in total. The van der Waals surface area contributed by atoms with Gasteiger partial charge in [-0.3, -0.25) is 4.79 Å². The van der Waals surface area contributed by atoms with Gasteiger partial charge in [0.1, 0.15) is 0 Å². The van der Waals surface area contributed by atoms with Crippen molar-refractivity contribution in [1.82, 2.24) is 0 Å². The zero-order valence-electron chi connectivity index (χ0n) is 15.9. The lowest BCUT2D eigenvalue weighted by Crippen LogP contribution is -2.35. The summed E-state index contributed by atoms with van der Waals surface area (Å²) < 4.78 is 5.51. The molecule has 0 amide bonds. The summed E-state index contributed by atoms with van der Waals surface area (Å²) in [6.07, 6.45) is 4.38. The van der Waals surface area contributed by atoms with Crippen molar-refractivity contribution in [2.45, 2.75) is 37.7 Å². The molecule has 4 nitrogen and oxygen atoms in total. The highest BCUT2D eigenvalue weighted by molar-refractivity contribution is 5.70. The fourth-order valence-electron chi connectivity index (χ4n) is 4.25. The molecular formula is C24H25NO3. The molecule has 1 aliphatic rings. The lowest BCUT2D eigenvalue weighted by Gasteiger charge is -2.41. The van der Waals surface area contributed by atoms with E-state index in [0.717, 1.165) is 29.5 Å². The Morgan fingerprint density at radius 2 is 1.89 bits per heavy atom. The number of carboxylic acids is 1. The zero-order chi connectivity index (χ0) is 20.0. The monoisotopic (exact) mass is 375 g/mol. The second-order valence-electron chi connectivity index (χ2n) is 7.35. The molecule has 3 rings (SSSR count). The third kappa shape index (κ3) is 4.00. The Labute approximate surface area is 166 Å². The molecule has 0 bridgehead atoms. The number of hydrogen-bond acceptors (Lipinski definition) is 3. The highest BCUT2D eigenvalue weighted by Crippen LogP contribution is 2.47. The fourth-order valence-corrected chi connectivity index (χ4v) is 4.25. The van der Waals surface area contributed by atoms with E-state index in [-0.39, 0.29) is 11.3 Å². The van der Waals surface area contributed by atoms with Crippen molar-refractivity contribution in [2.75, 3.05) is 6.61 Å². The van der Waals surface area contributed by atoms with E-state index in [1.807, 2.05) is 24.3 Å². The van der Waals surface area contributed by atoms with Gasteiger partial charge in [-0.25, -0.2) is 0 Å². The van der Waals surface area contributed by atoms with Crippen LogP contribution in [-0.4, -0.2) is 17.7 Å². The van der Waals surface area contributed by atoms with Crippen molar-refractivity contribution in [1.29, 1.82) is 5.26 Å². The van der Waals surface area contributed by atoms with Crippen LogP contribution in [-0.2, 0) is 21.6 Å². The van der Waals surface area contributed by atoms with E-state index in [9.17, 15) is 15.2 Å². The average molecular weight is 375 g/mol. The Balaban J connectivity index is 1.97. The van der Waals surface area contributed by atoms with E-state index < -0.39 is 5.97 Å². The number of nitriles is 1. The van der Waals surface area contributed by atoms with Crippen LogP contribution in [0.5, 0.6) is 0 Å². The predicted molar refractivity (Wildman–Crippen MR) is 108 cm³/mol. The first-order valence-corrected chi connectivity index (χ1v) is 9.61. The lowest BCUT2D eigenvalue weighted by atomic mass is 9.62. The number of ether oxygens (including phenoxy) is 1. The van der Waals surface area contributed by atoms with Crippen LogP contribution in [0.25, 0.3) is 0 Å². The first-order valence-electron chi connectivity index (χ1n) is 9.61. The van der Waals surface area contributed by atoms with E-state index in [1.54, 1.807) is 6.08 Å². The molecule has 0 radical (unpaired) electrons. The molecule has 2 aromatic rings. The van der Waals surface area contributed by atoms with Crippen LogP contribution in [0.1, 0.15) is 47.9 Å². The van der Waals surface area contributed by atoms with Crippen LogP contribution < -0.4 is 0 Å². The van der Waals surface area contributed by atoms with Crippen LogP contribution in [0.2, 0.25) is 0 Å². The molecule has 1 fully saturated rings. The lowest BCUT2D eigenvalue weighted by molar-refractivity contribution is -0.143. The van der Waals surface area contributed by atoms with Crippen molar-refractivity contribution >= 4 is 5.97 Å². The maximum absolute atomic E-state index is 11.5. The largest absolute Gasteiger partial charge is 0.481 e. The first kappa shape index (κ1) is 19.9. The molecule has 144 valence electrons. The van der Waals surface area contributed by atoms with Gasteiger partial charge in [0, 0.05) is 5.41 Å². The minimum absolute atomic E-state index is 0.311. The second-order valence-corrected chi connectivity index (χ2v) is 7.35. The molecule has 0 unspecified atom stereocenters. The van der Waals surface area contributed by atoms with E-state index in [4.69, 9.17) is 4.74 Å².